The molecule has 0 heterocycles. The summed E-state index contributed by atoms with van der Waals surface area (Å²) in [6, 6.07) is 7.79. The number of carboxylic acid groups (broad SMARTS) is 1. The molecule has 1 aromatic rings. The third-order valence-electron chi connectivity index (χ3n) is 3.85. The molecule has 0 radical (unpaired) electrons. The Morgan fingerprint density at radius 3 is 2.28 bits per heavy atom. The van der Waals surface area contributed by atoms with Crippen molar-refractivity contribution in [3.05, 3.63) is 29.8 Å². The smallest absolute Gasteiger partial charge is 0.309 e. The van der Waals surface area contributed by atoms with Gasteiger partial charge in [0.05, 0.1) is 12.5 Å². The van der Waals surface area contributed by atoms with E-state index in [0.29, 0.717) is 6.42 Å². The van der Waals surface area contributed by atoms with Crippen LogP contribution < -0.4 is 4.74 Å². The molecule has 1 unspecified atom stereocenters. The van der Waals surface area contributed by atoms with E-state index in [1.54, 1.807) is 7.11 Å². The predicted octanol–water partition coefficient (Wildman–Crippen LogP) is 3.37. The van der Waals surface area contributed by atoms with Crippen LogP contribution in [0.3, 0.4) is 0 Å². The molecular formula is C15H22O3. The topological polar surface area (TPSA) is 46.5 Å². The number of carbonyl (C=O) groups is 1. The molecule has 0 bridgehead atoms. The summed E-state index contributed by atoms with van der Waals surface area (Å²) in [7, 11) is 1.63. The maximum absolute atomic E-state index is 11.4. The molecule has 1 rings (SSSR count). The molecule has 0 aliphatic heterocycles. The summed E-state index contributed by atoms with van der Waals surface area (Å²) in [6.07, 6.45) is 1.41. The molecule has 0 spiro atoms. The first-order valence-electron chi connectivity index (χ1n) is 6.26. The van der Waals surface area contributed by atoms with Crippen LogP contribution in [0.15, 0.2) is 24.3 Å². The Bertz CT molecular complexity index is 395. The van der Waals surface area contributed by atoms with Crippen LogP contribution in [0.1, 0.15) is 32.8 Å². The molecule has 3 heteroatoms. The number of hydrogen-bond donors (Lipinski definition) is 1. The molecule has 1 aromatic carbocycles. The zero-order valence-corrected chi connectivity index (χ0v) is 11.6. The maximum Gasteiger partial charge on any atom is 0.309 e. The van der Waals surface area contributed by atoms with Gasteiger partial charge in [0.15, 0.2) is 0 Å². The minimum Gasteiger partial charge on any atom is -0.497 e. The van der Waals surface area contributed by atoms with Crippen molar-refractivity contribution in [3.63, 3.8) is 0 Å². The van der Waals surface area contributed by atoms with Gasteiger partial charge >= 0.3 is 5.97 Å². The summed E-state index contributed by atoms with van der Waals surface area (Å²) in [6.45, 7) is 5.74. The van der Waals surface area contributed by atoms with E-state index in [1.807, 2.05) is 45.0 Å². The summed E-state index contributed by atoms with van der Waals surface area (Å²) in [5.74, 6) is 0.225. The Morgan fingerprint density at radius 1 is 1.33 bits per heavy atom. The van der Waals surface area contributed by atoms with E-state index in [4.69, 9.17) is 4.74 Å². The molecule has 0 amide bonds. The normalized spacial score (nSPS) is 14.3. The van der Waals surface area contributed by atoms with Crippen molar-refractivity contribution in [2.24, 2.45) is 11.3 Å². The van der Waals surface area contributed by atoms with Crippen molar-refractivity contribution in [2.75, 3.05) is 7.11 Å². The van der Waals surface area contributed by atoms with Crippen molar-refractivity contribution in [2.45, 2.75) is 33.6 Å². The lowest BCUT2D eigenvalue weighted by atomic mass is 9.75. The standard InChI is InChI=1S/C15H22O3/c1-11(2)15(3,14(16)17)10-9-12-5-7-13(18-4)8-6-12/h5-8,11H,9-10H2,1-4H3,(H,16,17). The fourth-order valence-corrected chi connectivity index (χ4v) is 1.84. The van der Waals surface area contributed by atoms with Gasteiger partial charge in [-0.3, -0.25) is 4.79 Å². The maximum atomic E-state index is 11.4. The Balaban J connectivity index is 2.70. The van der Waals surface area contributed by atoms with E-state index in [-0.39, 0.29) is 5.92 Å². The Labute approximate surface area is 109 Å². The largest absolute Gasteiger partial charge is 0.497 e. The average molecular weight is 250 g/mol. The summed E-state index contributed by atoms with van der Waals surface area (Å²) in [5, 5.41) is 9.34. The highest BCUT2D eigenvalue weighted by atomic mass is 16.5. The van der Waals surface area contributed by atoms with E-state index < -0.39 is 11.4 Å². The van der Waals surface area contributed by atoms with Crippen LogP contribution in [-0.4, -0.2) is 18.2 Å². The number of hydrogen-bond acceptors (Lipinski definition) is 2. The first-order valence-corrected chi connectivity index (χ1v) is 6.26. The number of carboxylic acids is 1. The zero-order valence-electron chi connectivity index (χ0n) is 11.6. The van der Waals surface area contributed by atoms with Crippen LogP contribution in [0, 0.1) is 11.3 Å². The number of rotatable bonds is 6. The second-order valence-electron chi connectivity index (χ2n) is 5.23. The van der Waals surface area contributed by atoms with Gasteiger partial charge in [-0.2, -0.15) is 0 Å². The van der Waals surface area contributed by atoms with Gasteiger partial charge in [0.2, 0.25) is 0 Å². The lowest BCUT2D eigenvalue weighted by Gasteiger charge is -2.29. The van der Waals surface area contributed by atoms with Gasteiger partial charge in [-0.25, -0.2) is 0 Å². The number of methoxy groups -OCH3 is 1. The first-order chi connectivity index (χ1) is 8.40. The molecule has 0 saturated carbocycles. The first kappa shape index (κ1) is 14.6. The van der Waals surface area contributed by atoms with Crippen LogP contribution >= 0.6 is 0 Å². The van der Waals surface area contributed by atoms with E-state index in [1.165, 1.54) is 0 Å². The highest BCUT2D eigenvalue weighted by Gasteiger charge is 2.35. The molecule has 100 valence electrons. The number of ether oxygens (including phenoxy) is 1. The Morgan fingerprint density at radius 2 is 1.89 bits per heavy atom. The molecule has 1 N–H and O–H groups in total. The highest BCUT2D eigenvalue weighted by molar-refractivity contribution is 5.74. The lowest BCUT2D eigenvalue weighted by Crippen LogP contribution is -2.33. The highest BCUT2D eigenvalue weighted by Crippen LogP contribution is 2.32. The molecular weight excluding hydrogens is 228 g/mol. The van der Waals surface area contributed by atoms with Gasteiger partial charge in [-0.05, 0) is 43.4 Å². The number of benzene rings is 1. The van der Waals surface area contributed by atoms with E-state index in [0.717, 1.165) is 17.7 Å². The molecule has 0 aromatic heterocycles. The molecule has 3 nitrogen and oxygen atoms in total. The molecule has 0 saturated heterocycles. The van der Waals surface area contributed by atoms with E-state index in [2.05, 4.69) is 0 Å². The molecule has 0 fully saturated rings. The minimum absolute atomic E-state index is 0.119. The van der Waals surface area contributed by atoms with Gasteiger partial charge in [0.25, 0.3) is 0 Å². The zero-order chi connectivity index (χ0) is 13.8. The summed E-state index contributed by atoms with van der Waals surface area (Å²) in [4.78, 5) is 11.4. The van der Waals surface area contributed by atoms with Crippen LogP contribution in [0.2, 0.25) is 0 Å². The quantitative estimate of drug-likeness (QED) is 0.842. The van der Waals surface area contributed by atoms with Crippen LogP contribution in [0.25, 0.3) is 0 Å². The number of aryl methyl sites for hydroxylation is 1. The fraction of sp³-hybridized carbons (Fsp3) is 0.533. The molecule has 18 heavy (non-hydrogen) atoms. The number of aliphatic carboxylic acids is 1. The third kappa shape index (κ3) is 3.25. The predicted molar refractivity (Wildman–Crippen MR) is 71.9 cm³/mol. The van der Waals surface area contributed by atoms with Gasteiger partial charge in [-0.1, -0.05) is 26.0 Å². The van der Waals surface area contributed by atoms with Gasteiger partial charge in [0.1, 0.15) is 5.75 Å². The van der Waals surface area contributed by atoms with Crippen molar-refractivity contribution in [1.82, 2.24) is 0 Å². The lowest BCUT2D eigenvalue weighted by molar-refractivity contribution is -0.151. The molecule has 0 aliphatic rings. The summed E-state index contributed by atoms with van der Waals surface area (Å²) in [5.41, 5.74) is 0.476. The summed E-state index contributed by atoms with van der Waals surface area (Å²) < 4.78 is 5.10. The van der Waals surface area contributed by atoms with Gasteiger partial charge in [0, 0.05) is 0 Å². The van der Waals surface area contributed by atoms with Crippen LogP contribution in [0.5, 0.6) is 5.75 Å². The monoisotopic (exact) mass is 250 g/mol. The third-order valence-corrected chi connectivity index (χ3v) is 3.85. The van der Waals surface area contributed by atoms with Crippen molar-refractivity contribution in [3.8, 4) is 5.75 Å². The van der Waals surface area contributed by atoms with Gasteiger partial charge < -0.3 is 9.84 Å². The van der Waals surface area contributed by atoms with E-state index in [9.17, 15) is 9.90 Å². The minimum atomic E-state index is -0.717. The molecule has 1 atom stereocenters. The van der Waals surface area contributed by atoms with Crippen molar-refractivity contribution >= 4 is 5.97 Å². The Hall–Kier alpha value is -1.51. The van der Waals surface area contributed by atoms with E-state index >= 15 is 0 Å². The average Bonchev–Trinajstić information content (AvgIpc) is 2.36. The van der Waals surface area contributed by atoms with Crippen molar-refractivity contribution in [1.29, 1.82) is 0 Å². The summed E-state index contributed by atoms with van der Waals surface area (Å²) >= 11 is 0. The van der Waals surface area contributed by atoms with Crippen LogP contribution in [-0.2, 0) is 11.2 Å². The molecule has 0 aliphatic carbocycles. The van der Waals surface area contributed by atoms with Crippen LogP contribution in [0.4, 0.5) is 0 Å². The van der Waals surface area contributed by atoms with Gasteiger partial charge in [-0.15, -0.1) is 0 Å². The Kier molecular flexibility index (Phi) is 4.76. The SMILES string of the molecule is COc1ccc(CCC(C)(C(=O)O)C(C)C)cc1. The fourth-order valence-electron chi connectivity index (χ4n) is 1.84. The second-order valence-corrected chi connectivity index (χ2v) is 5.23. The van der Waals surface area contributed by atoms with Crippen molar-refractivity contribution < 1.29 is 14.6 Å². The second kappa shape index (κ2) is 5.89.